The summed E-state index contributed by atoms with van der Waals surface area (Å²) >= 11 is 6.33. The Morgan fingerprint density at radius 1 is 1.38 bits per heavy atom. The fourth-order valence-electron chi connectivity index (χ4n) is 2.85. The summed E-state index contributed by atoms with van der Waals surface area (Å²) < 4.78 is 5.15. The highest BCUT2D eigenvalue weighted by molar-refractivity contribution is 6.31. The first-order valence-corrected chi connectivity index (χ1v) is 7.43. The van der Waals surface area contributed by atoms with Gasteiger partial charge < -0.3 is 9.84 Å². The predicted molar refractivity (Wildman–Crippen MR) is 83.2 cm³/mol. The number of nitrogens with zero attached hydrogens (tertiary/aromatic N) is 1. The highest BCUT2D eigenvalue weighted by atomic mass is 35.5. The van der Waals surface area contributed by atoms with Gasteiger partial charge in [-0.1, -0.05) is 17.7 Å². The Balaban J connectivity index is 2.34. The lowest BCUT2D eigenvalue weighted by atomic mass is 9.89. The number of hydrogen-bond acceptors (Lipinski definition) is 3. The van der Waals surface area contributed by atoms with Crippen molar-refractivity contribution in [2.24, 2.45) is 5.92 Å². The average Bonchev–Trinajstić information content (AvgIpc) is 2.83. The molecule has 0 bridgehead atoms. The van der Waals surface area contributed by atoms with E-state index in [0.29, 0.717) is 23.9 Å². The molecule has 0 saturated carbocycles. The quantitative estimate of drug-likeness (QED) is 0.931. The van der Waals surface area contributed by atoms with Gasteiger partial charge in [0.2, 0.25) is 0 Å². The van der Waals surface area contributed by atoms with Crippen molar-refractivity contribution in [3.05, 3.63) is 28.8 Å². The maximum atomic E-state index is 11.6. The van der Waals surface area contributed by atoms with E-state index in [9.17, 15) is 9.90 Å². The van der Waals surface area contributed by atoms with Crippen LogP contribution >= 0.6 is 11.6 Å². The van der Waals surface area contributed by atoms with Crippen molar-refractivity contribution >= 4 is 17.6 Å². The largest absolute Gasteiger partial charge is 0.497 e. The van der Waals surface area contributed by atoms with Crippen LogP contribution in [-0.2, 0) is 4.79 Å². The minimum Gasteiger partial charge on any atom is -0.497 e. The monoisotopic (exact) mass is 311 g/mol. The van der Waals surface area contributed by atoms with E-state index in [1.807, 2.05) is 12.1 Å². The third-order valence-electron chi connectivity index (χ3n) is 4.19. The van der Waals surface area contributed by atoms with Crippen molar-refractivity contribution in [2.75, 3.05) is 20.2 Å². The van der Waals surface area contributed by atoms with Gasteiger partial charge in [-0.3, -0.25) is 9.69 Å². The fourth-order valence-corrected chi connectivity index (χ4v) is 3.16. The second kappa shape index (κ2) is 5.85. The molecular weight excluding hydrogens is 290 g/mol. The first-order chi connectivity index (χ1) is 9.74. The fraction of sp³-hybridized carbons (Fsp3) is 0.562. The number of hydrogen-bond donors (Lipinski definition) is 1. The number of benzene rings is 1. The summed E-state index contributed by atoms with van der Waals surface area (Å²) in [6.07, 6.45) is 0. The molecule has 1 aromatic rings. The Morgan fingerprint density at radius 3 is 2.52 bits per heavy atom. The Hall–Kier alpha value is -1.26. The van der Waals surface area contributed by atoms with Crippen LogP contribution in [0.5, 0.6) is 5.75 Å². The van der Waals surface area contributed by atoms with Gasteiger partial charge in [0.15, 0.2) is 0 Å². The Bertz CT molecular complexity index is 539. The van der Waals surface area contributed by atoms with Crippen molar-refractivity contribution in [1.29, 1.82) is 0 Å². The van der Waals surface area contributed by atoms with Gasteiger partial charge in [-0.15, -0.1) is 0 Å². The van der Waals surface area contributed by atoms with Crippen LogP contribution in [-0.4, -0.2) is 41.7 Å². The molecule has 1 heterocycles. The Labute approximate surface area is 130 Å². The van der Waals surface area contributed by atoms with Gasteiger partial charge in [0.05, 0.1) is 13.0 Å². The molecule has 1 saturated heterocycles. The molecule has 5 heteroatoms. The van der Waals surface area contributed by atoms with Gasteiger partial charge in [0, 0.05) is 29.6 Å². The number of rotatable bonds is 3. The van der Waals surface area contributed by atoms with Crippen molar-refractivity contribution in [2.45, 2.75) is 32.2 Å². The number of likely N-dealkylation sites (tertiary alicyclic amines) is 1. The number of carboxylic acids is 1. The third kappa shape index (κ3) is 3.33. The average molecular weight is 312 g/mol. The smallest absolute Gasteiger partial charge is 0.308 e. The van der Waals surface area contributed by atoms with E-state index in [1.54, 1.807) is 13.2 Å². The zero-order valence-corrected chi connectivity index (χ0v) is 13.6. The SMILES string of the molecule is COc1ccc([C@@H]2CN(C(C)(C)C)C[C@H]2C(=O)O)c(Cl)c1. The Morgan fingerprint density at radius 2 is 2.05 bits per heavy atom. The molecule has 2 atom stereocenters. The standard InChI is InChI=1S/C16H22ClNO3/c1-16(2,3)18-8-12(13(9-18)15(19)20)11-6-5-10(21-4)7-14(11)17/h5-7,12-13H,8-9H2,1-4H3,(H,19,20)/t12-,13+/m0/s1. The molecule has 0 unspecified atom stereocenters. The molecule has 1 aromatic carbocycles. The lowest BCUT2D eigenvalue weighted by Crippen LogP contribution is -2.40. The molecule has 4 nitrogen and oxygen atoms in total. The molecule has 1 aliphatic heterocycles. The van der Waals surface area contributed by atoms with E-state index >= 15 is 0 Å². The van der Waals surface area contributed by atoms with Crippen molar-refractivity contribution in [3.8, 4) is 5.75 Å². The van der Waals surface area contributed by atoms with Crippen LogP contribution in [0.3, 0.4) is 0 Å². The molecule has 0 aromatic heterocycles. The first kappa shape index (κ1) is 16.1. The number of halogens is 1. The lowest BCUT2D eigenvalue weighted by molar-refractivity contribution is -0.141. The van der Waals surface area contributed by atoms with Crippen LogP contribution in [0.2, 0.25) is 5.02 Å². The number of aliphatic carboxylic acids is 1. The van der Waals surface area contributed by atoms with Crippen LogP contribution in [0.1, 0.15) is 32.3 Å². The van der Waals surface area contributed by atoms with E-state index in [4.69, 9.17) is 16.3 Å². The van der Waals surface area contributed by atoms with Crippen LogP contribution in [0.15, 0.2) is 18.2 Å². The van der Waals surface area contributed by atoms with E-state index in [0.717, 1.165) is 5.56 Å². The van der Waals surface area contributed by atoms with Gasteiger partial charge in [-0.25, -0.2) is 0 Å². The van der Waals surface area contributed by atoms with Crippen molar-refractivity contribution < 1.29 is 14.6 Å². The van der Waals surface area contributed by atoms with Crippen LogP contribution in [0, 0.1) is 5.92 Å². The van der Waals surface area contributed by atoms with Gasteiger partial charge in [-0.05, 0) is 38.5 Å². The molecule has 1 aliphatic rings. The molecule has 0 amide bonds. The molecule has 0 spiro atoms. The van der Waals surface area contributed by atoms with Gasteiger partial charge >= 0.3 is 5.97 Å². The van der Waals surface area contributed by atoms with E-state index in [1.165, 1.54) is 0 Å². The molecule has 2 rings (SSSR count). The maximum absolute atomic E-state index is 11.6. The van der Waals surface area contributed by atoms with E-state index < -0.39 is 11.9 Å². The molecule has 21 heavy (non-hydrogen) atoms. The van der Waals surface area contributed by atoms with Crippen molar-refractivity contribution in [3.63, 3.8) is 0 Å². The predicted octanol–water partition coefficient (Wildman–Crippen LogP) is 3.25. The molecule has 0 aliphatic carbocycles. The number of carboxylic acid groups (broad SMARTS) is 1. The zero-order valence-electron chi connectivity index (χ0n) is 12.9. The van der Waals surface area contributed by atoms with Crippen LogP contribution < -0.4 is 4.74 Å². The first-order valence-electron chi connectivity index (χ1n) is 7.05. The third-order valence-corrected chi connectivity index (χ3v) is 4.52. The number of ether oxygens (including phenoxy) is 1. The van der Waals surface area contributed by atoms with Crippen molar-refractivity contribution in [1.82, 2.24) is 4.90 Å². The maximum Gasteiger partial charge on any atom is 0.308 e. The summed E-state index contributed by atoms with van der Waals surface area (Å²) in [6, 6.07) is 5.46. The topological polar surface area (TPSA) is 49.8 Å². The van der Waals surface area contributed by atoms with Gasteiger partial charge in [0.25, 0.3) is 0 Å². The van der Waals surface area contributed by atoms with E-state index in [2.05, 4.69) is 25.7 Å². The van der Waals surface area contributed by atoms with Gasteiger partial charge in [-0.2, -0.15) is 0 Å². The highest BCUT2D eigenvalue weighted by Gasteiger charge is 2.42. The number of carbonyl (C=O) groups is 1. The highest BCUT2D eigenvalue weighted by Crippen LogP contribution is 2.40. The van der Waals surface area contributed by atoms with Gasteiger partial charge in [0.1, 0.15) is 5.75 Å². The summed E-state index contributed by atoms with van der Waals surface area (Å²) in [5.41, 5.74) is 0.832. The van der Waals surface area contributed by atoms with Crippen LogP contribution in [0.4, 0.5) is 0 Å². The summed E-state index contributed by atoms with van der Waals surface area (Å²) in [5.74, 6) is -0.616. The van der Waals surface area contributed by atoms with E-state index in [-0.39, 0.29) is 11.5 Å². The zero-order chi connectivity index (χ0) is 15.8. The molecule has 1 fully saturated rings. The second-order valence-electron chi connectivity index (χ2n) is 6.51. The summed E-state index contributed by atoms with van der Waals surface area (Å²) in [4.78, 5) is 13.8. The molecule has 0 radical (unpaired) electrons. The molecule has 116 valence electrons. The lowest BCUT2D eigenvalue weighted by Gasteiger charge is -2.31. The number of methoxy groups -OCH3 is 1. The minimum absolute atomic E-state index is 0.0542. The summed E-state index contributed by atoms with van der Waals surface area (Å²) in [6.45, 7) is 7.55. The summed E-state index contributed by atoms with van der Waals surface area (Å²) in [5, 5.41) is 10.1. The minimum atomic E-state index is -0.765. The molecule has 1 N–H and O–H groups in total. The summed E-state index contributed by atoms with van der Waals surface area (Å²) in [7, 11) is 1.59. The Kier molecular flexibility index (Phi) is 4.49. The second-order valence-corrected chi connectivity index (χ2v) is 6.92. The van der Waals surface area contributed by atoms with Crippen LogP contribution in [0.25, 0.3) is 0 Å². The normalized spacial score (nSPS) is 23.3. The molecular formula is C16H22ClNO3.